The van der Waals surface area contributed by atoms with Gasteiger partial charge in [0.05, 0.1) is 4.91 Å². The molecule has 0 spiro atoms. The summed E-state index contributed by atoms with van der Waals surface area (Å²) in [5.41, 5.74) is 1.47. The van der Waals surface area contributed by atoms with Gasteiger partial charge in [0.25, 0.3) is 11.1 Å². The average Bonchev–Trinajstić information content (AvgIpc) is 2.84. The largest absolute Gasteiger partial charge is 0.507 e. The number of amides is 2. The first kappa shape index (κ1) is 18.4. The second kappa shape index (κ2) is 7.75. The molecular weight excluding hydrogens is 324 g/mol. The summed E-state index contributed by atoms with van der Waals surface area (Å²) in [6.45, 7) is 9.61. The lowest BCUT2D eigenvalue weighted by molar-refractivity contribution is -0.124. The highest BCUT2D eigenvalue weighted by Gasteiger charge is 2.37. The third-order valence-electron chi connectivity index (χ3n) is 4.28. The number of nitrogens with zero attached hydrogens (tertiary/aromatic N) is 2. The number of hydrogen-bond donors (Lipinski definition) is 1. The molecule has 130 valence electrons. The van der Waals surface area contributed by atoms with Gasteiger partial charge in [-0.25, -0.2) is 0 Å². The molecule has 1 N–H and O–H groups in total. The summed E-state index contributed by atoms with van der Waals surface area (Å²) < 4.78 is 0. The molecule has 24 heavy (non-hydrogen) atoms. The number of phenols is 1. The monoisotopic (exact) mass is 348 g/mol. The van der Waals surface area contributed by atoms with Crippen molar-refractivity contribution in [3.05, 3.63) is 28.7 Å². The standard InChI is InChI=1S/C18H24N2O3S/c1-5-12(4)20-17(22)16(24-18(20)23)10-13-8-9-14(11-15(13)21)19(6-2)7-3/h8-12,21H,5-7H2,1-4H3/b16-10+/t12-/m1/s1. The van der Waals surface area contributed by atoms with Crippen LogP contribution in [0.1, 0.15) is 39.7 Å². The van der Waals surface area contributed by atoms with E-state index in [-0.39, 0.29) is 22.9 Å². The summed E-state index contributed by atoms with van der Waals surface area (Å²) in [6, 6.07) is 5.26. The number of hydrogen-bond acceptors (Lipinski definition) is 5. The van der Waals surface area contributed by atoms with E-state index in [2.05, 4.69) is 18.7 Å². The van der Waals surface area contributed by atoms with Gasteiger partial charge in [-0.15, -0.1) is 0 Å². The molecule has 1 fully saturated rings. The maximum Gasteiger partial charge on any atom is 0.293 e. The molecule has 6 heteroatoms. The van der Waals surface area contributed by atoms with Gasteiger partial charge in [0, 0.05) is 36.4 Å². The second-order valence-electron chi connectivity index (χ2n) is 5.72. The molecule has 0 aromatic heterocycles. The first-order chi connectivity index (χ1) is 11.4. The Hall–Kier alpha value is -1.95. The minimum absolute atomic E-state index is 0.106. The molecule has 1 heterocycles. The van der Waals surface area contributed by atoms with E-state index in [9.17, 15) is 14.7 Å². The average molecular weight is 348 g/mol. The summed E-state index contributed by atoms with van der Waals surface area (Å²) in [4.78, 5) is 28.2. The zero-order valence-corrected chi connectivity index (χ0v) is 15.4. The van der Waals surface area contributed by atoms with Crippen LogP contribution in [0.15, 0.2) is 23.1 Å². The summed E-state index contributed by atoms with van der Waals surface area (Å²) in [6.07, 6.45) is 2.31. The van der Waals surface area contributed by atoms with Gasteiger partial charge >= 0.3 is 0 Å². The van der Waals surface area contributed by atoms with Gasteiger partial charge in [0.1, 0.15) is 5.75 Å². The lowest BCUT2D eigenvalue weighted by Crippen LogP contribution is -2.36. The topological polar surface area (TPSA) is 60.9 Å². The van der Waals surface area contributed by atoms with E-state index in [1.807, 2.05) is 19.9 Å². The van der Waals surface area contributed by atoms with Gasteiger partial charge in [-0.3, -0.25) is 14.5 Å². The van der Waals surface area contributed by atoms with Crippen molar-refractivity contribution in [2.24, 2.45) is 0 Å². The summed E-state index contributed by atoms with van der Waals surface area (Å²) in [5, 5.41) is 10.0. The number of benzene rings is 1. The van der Waals surface area contributed by atoms with E-state index in [0.717, 1.165) is 37.0 Å². The number of aromatic hydroxyl groups is 1. The molecule has 0 saturated carbocycles. The van der Waals surface area contributed by atoms with E-state index in [0.29, 0.717) is 10.5 Å². The quantitative estimate of drug-likeness (QED) is 0.785. The predicted molar refractivity (Wildman–Crippen MR) is 99.2 cm³/mol. The number of phenolic OH excluding ortho intramolecular Hbond substituents is 1. The summed E-state index contributed by atoms with van der Waals surface area (Å²) in [5.74, 6) is -0.179. The minimum Gasteiger partial charge on any atom is -0.507 e. The Morgan fingerprint density at radius 3 is 2.46 bits per heavy atom. The lowest BCUT2D eigenvalue weighted by atomic mass is 10.1. The van der Waals surface area contributed by atoms with Crippen LogP contribution in [0.4, 0.5) is 10.5 Å². The number of carbonyl (C=O) groups is 2. The van der Waals surface area contributed by atoms with Crippen molar-refractivity contribution in [2.45, 2.75) is 40.2 Å². The van der Waals surface area contributed by atoms with Gasteiger partial charge < -0.3 is 10.0 Å². The van der Waals surface area contributed by atoms with Gasteiger partial charge in [-0.1, -0.05) is 6.92 Å². The molecule has 1 aliphatic heterocycles. The molecule has 1 aromatic carbocycles. The van der Waals surface area contributed by atoms with Crippen LogP contribution in [0.25, 0.3) is 6.08 Å². The van der Waals surface area contributed by atoms with E-state index < -0.39 is 0 Å². The van der Waals surface area contributed by atoms with Crippen LogP contribution in [0.5, 0.6) is 5.75 Å². The molecule has 1 aliphatic rings. The zero-order chi connectivity index (χ0) is 17.9. The number of imide groups is 1. The normalized spacial score (nSPS) is 17.7. The molecule has 1 aromatic rings. The first-order valence-corrected chi connectivity index (χ1v) is 9.09. The third kappa shape index (κ3) is 3.59. The van der Waals surface area contributed by atoms with Crippen molar-refractivity contribution in [1.29, 1.82) is 0 Å². The van der Waals surface area contributed by atoms with Crippen LogP contribution in [0.2, 0.25) is 0 Å². The molecule has 0 aliphatic carbocycles. The zero-order valence-electron chi connectivity index (χ0n) is 14.6. The van der Waals surface area contributed by atoms with Crippen LogP contribution < -0.4 is 4.90 Å². The van der Waals surface area contributed by atoms with Crippen LogP contribution >= 0.6 is 11.8 Å². The highest BCUT2D eigenvalue weighted by Crippen LogP contribution is 2.36. The lowest BCUT2D eigenvalue weighted by Gasteiger charge is -2.21. The number of thioether (sulfide) groups is 1. The fraction of sp³-hybridized carbons (Fsp3) is 0.444. The number of anilines is 1. The molecule has 0 bridgehead atoms. The molecule has 2 amide bonds. The molecule has 5 nitrogen and oxygen atoms in total. The van der Waals surface area contributed by atoms with E-state index in [4.69, 9.17) is 0 Å². The molecule has 1 saturated heterocycles. The van der Waals surface area contributed by atoms with Gasteiger partial charge in [-0.2, -0.15) is 0 Å². The minimum atomic E-state index is -0.286. The molecule has 1 atom stereocenters. The fourth-order valence-electron chi connectivity index (χ4n) is 2.62. The van der Waals surface area contributed by atoms with E-state index in [1.165, 1.54) is 4.90 Å². The Balaban J connectivity index is 2.29. The maximum atomic E-state index is 12.4. The predicted octanol–water partition coefficient (Wildman–Crippen LogP) is 4.07. The van der Waals surface area contributed by atoms with Crippen molar-refractivity contribution in [3.8, 4) is 5.75 Å². The third-order valence-corrected chi connectivity index (χ3v) is 5.17. The van der Waals surface area contributed by atoms with Crippen LogP contribution in [-0.2, 0) is 4.79 Å². The summed E-state index contributed by atoms with van der Waals surface area (Å²) in [7, 11) is 0. The number of carbonyl (C=O) groups excluding carboxylic acids is 2. The van der Waals surface area contributed by atoms with Crippen LogP contribution in [-0.4, -0.2) is 40.3 Å². The SMILES string of the molecule is CC[C@@H](C)N1C(=O)S/C(=C/c2ccc(N(CC)CC)cc2O)C1=O. The maximum absolute atomic E-state index is 12.4. The van der Waals surface area contributed by atoms with Crippen molar-refractivity contribution in [1.82, 2.24) is 4.90 Å². The first-order valence-electron chi connectivity index (χ1n) is 8.27. The number of rotatable bonds is 6. The Kier molecular flexibility index (Phi) is 5.94. The van der Waals surface area contributed by atoms with Gasteiger partial charge in [0.15, 0.2) is 0 Å². The van der Waals surface area contributed by atoms with Crippen molar-refractivity contribution >= 4 is 34.7 Å². The Morgan fingerprint density at radius 1 is 1.25 bits per heavy atom. The Bertz CT molecular complexity index is 668. The van der Waals surface area contributed by atoms with E-state index >= 15 is 0 Å². The smallest absolute Gasteiger partial charge is 0.293 e. The van der Waals surface area contributed by atoms with Crippen LogP contribution in [0, 0.1) is 0 Å². The second-order valence-corrected chi connectivity index (χ2v) is 6.72. The highest BCUT2D eigenvalue weighted by molar-refractivity contribution is 8.18. The molecule has 0 unspecified atom stereocenters. The van der Waals surface area contributed by atoms with Crippen LogP contribution in [0.3, 0.4) is 0 Å². The molecular formula is C18H24N2O3S. The van der Waals surface area contributed by atoms with Gasteiger partial charge in [-0.05, 0) is 57.2 Å². The highest BCUT2D eigenvalue weighted by atomic mass is 32.2. The summed E-state index contributed by atoms with van der Waals surface area (Å²) >= 11 is 0.926. The van der Waals surface area contributed by atoms with Crippen molar-refractivity contribution in [3.63, 3.8) is 0 Å². The Labute approximate surface area is 147 Å². The fourth-order valence-corrected chi connectivity index (χ4v) is 3.54. The molecule has 0 radical (unpaired) electrons. The van der Waals surface area contributed by atoms with Crippen molar-refractivity contribution < 1.29 is 14.7 Å². The van der Waals surface area contributed by atoms with E-state index in [1.54, 1.807) is 18.2 Å². The van der Waals surface area contributed by atoms with Gasteiger partial charge in [0.2, 0.25) is 0 Å². The Morgan fingerprint density at radius 2 is 1.92 bits per heavy atom. The van der Waals surface area contributed by atoms with Crippen molar-refractivity contribution in [2.75, 3.05) is 18.0 Å². The molecule has 2 rings (SSSR count).